The Balaban J connectivity index is 1.03. The van der Waals surface area contributed by atoms with Crippen molar-refractivity contribution >= 4 is 15.7 Å². The van der Waals surface area contributed by atoms with Crippen molar-refractivity contribution in [2.75, 3.05) is 0 Å². The van der Waals surface area contributed by atoms with Gasteiger partial charge < -0.3 is 0 Å². The van der Waals surface area contributed by atoms with Crippen molar-refractivity contribution in [3.63, 3.8) is 0 Å². The quantitative estimate of drug-likeness (QED) is 0.0329. The average Bonchev–Trinajstić information content (AvgIpc) is 2.21. The number of hydrogen-bond donors (Lipinski definition) is 1. The normalized spacial score (nSPS) is 14.0. The van der Waals surface area contributed by atoms with Crippen molar-refractivity contribution in [1.29, 1.82) is 0 Å². The molecule has 0 spiro atoms. The van der Waals surface area contributed by atoms with Crippen LogP contribution in [0.1, 0.15) is 246 Å². The third-order valence-electron chi connectivity index (χ3n) is 19.5. The van der Waals surface area contributed by atoms with Crippen molar-refractivity contribution in [2.24, 2.45) is 5.10 Å². The highest BCUT2D eigenvalue weighted by atomic mass is 32.2. The molecule has 5 heteroatoms. The second-order valence-electron chi connectivity index (χ2n) is 25.2. The minimum absolute atomic E-state index is 0.0375. The van der Waals surface area contributed by atoms with Crippen molar-refractivity contribution in [3.8, 4) is 55.6 Å². The first-order valence-corrected chi connectivity index (χ1v) is 34.6. The van der Waals surface area contributed by atoms with E-state index in [9.17, 15) is 8.42 Å². The Labute approximate surface area is 501 Å². The Morgan fingerprint density at radius 1 is 0.337 bits per heavy atom. The second-order valence-corrected chi connectivity index (χ2v) is 26.9. The van der Waals surface area contributed by atoms with Crippen LogP contribution in [0, 0.1) is 6.92 Å². The molecule has 3 aliphatic rings. The molecule has 4 nitrogen and oxygen atoms in total. The van der Waals surface area contributed by atoms with E-state index >= 15 is 0 Å². The van der Waals surface area contributed by atoms with E-state index in [2.05, 4.69) is 154 Å². The van der Waals surface area contributed by atoms with Crippen molar-refractivity contribution in [1.82, 2.24) is 4.83 Å². The molecule has 7 aromatic rings. The molecular formula is C78H96N2O2S. The van der Waals surface area contributed by atoms with Gasteiger partial charge in [0.2, 0.25) is 0 Å². The summed E-state index contributed by atoms with van der Waals surface area (Å²) in [6.45, 7) is 11.2. The van der Waals surface area contributed by atoms with E-state index in [1.54, 1.807) is 12.1 Å². The number of nitrogens with one attached hydrogen (secondary N) is 1. The van der Waals surface area contributed by atoms with Crippen LogP contribution in [0.25, 0.3) is 55.6 Å². The topological polar surface area (TPSA) is 58.5 Å². The Bertz CT molecular complexity index is 3220. The molecule has 7 aromatic carbocycles. The van der Waals surface area contributed by atoms with Gasteiger partial charge in [0.15, 0.2) is 0 Å². The zero-order valence-corrected chi connectivity index (χ0v) is 52.1. The Morgan fingerprint density at radius 2 is 0.663 bits per heavy atom. The van der Waals surface area contributed by atoms with Crippen LogP contribution in [0.4, 0.5) is 0 Å². The van der Waals surface area contributed by atoms with Crippen LogP contribution >= 0.6 is 0 Å². The van der Waals surface area contributed by atoms with Crippen LogP contribution in [-0.4, -0.2) is 14.1 Å². The molecule has 3 aliphatic carbocycles. The average molecular weight is 1130 g/mol. The number of sulfonamides is 1. The Hall–Kier alpha value is -6.04. The number of benzene rings is 7. The van der Waals surface area contributed by atoms with E-state index in [4.69, 9.17) is 5.10 Å². The number of fused-ring (bicyclic) bond motifs is 9. The van der Waals surface area contributed by atoms with Crippen molar-refractivity contribution in [2.45, 2.75) is 230 Å². The molecule has 0 aliphatic heterocycles. The van der Waals surface area contributed by atoms with Gasteiger partial charge >= 0.3 is 0 Å². The molecular weight excluding hydrogens is 1030 g/mol. The molecule has 83 heavy (non-hydrogen) atoms. The van der Waals surface area contributed by atoms with Gasteiger partial charge in [0, 0.05) is 22.0 Å². The number of rotatable bonds is 33. The number of nitrogens with zero attached hydrogens (tertiary/aromatic N) is 1. The highest BCUT2D eigenvalue weighted by molar-refractivity contribution is 7.89. The maximum atomic E-state index is 14.2. The van der Waals surface area contributed by atoms with Gasteiger partial charge in [0.25, 0.3) is 10.0 Å². The summed E-state index contributed by atoms with van der Waals surface area (Å²) >= 11 is 0. The highest BCUT2D eigenvalue weighted by Crippen LogP contribution is 2.57. The largest absolute Gasteiger partial charge is 0.276 e. The number of aryl methyl sites for hydroxylation is 1. The van der Waals surface area contributed by atoms with Crippen LogP contribution in [-0.2, 0) is 20.9 Å². The van der Waals surface area contributed by atoms with Gasteiger partial charge in [-0.1, -0.05) is 297 Å². The molecule has 0 atom stereocenters. The van der Waals surface area contributed by atoms with Gasteiger partial charge in [0.05, 0.1) is 10.6 Å². The lowest BCUT2D eigenvalue weighted by Gasteiger charge is -2.33. The van der Waals surface area contributed by atoms with Gasteiger partial charge in [-0.25, -0.2) is 0 Å². The van der Waals surface area contributed by atoms with Gasteiger partial charge in [-0.15, -0.1) is 0 Å². The highest BCUT2D eigenvalue weighted by Gasteiger charge is 2.44. The molecule has 0 fully saturated rings. The van der Waals surface area contributed by atoms with E-state index in [0.717, 1.165) is 64.6 Å². The van der Waals surface area contributed by atoms with Gasteiger partial charge in [-0.05, 0) is 147 Å². The summed E-state index contributed by atoms with van der Waals surface area (Å²) in [6, 6.07) is 53.8. The number of hydrazone groups is 1. The molecule has 1 N–H and O–H groups in total. The molecule has 0 aromatic heterocycles. The molecule has 0 amide bonds. The smallest absolute Gasteiger partial charge is 0.200 e. The maximum absolute atomic E-state index is 14.2. The summed E-state index contributed by atoms with van der Waals surface area (Å²) in [5.74, 6) is 0. The Morgan fingerprint density at radius 3 is 1.05 bits per heavy atom. The van der Waals surface area contributed by atoms with Gasteiger partial charge in [0.1, 0.15) is 0 Å². The van der Waals surface area contributed by atoms with E-state index in [1.807, 2.05) is 19.1 Å². The maximum Gasteiger partial charge on any atom is 0.276 e. The first-order valence-electron chi connectivity index (χ1n) is 33.1. The fourth-order valence-corrected chi connectivity index (χ4v) is 15.7. The zero-order chi connectivity index (χ0) is 57.7. The lowest BCUT2D eigenvalue weighted by molar-refractivity contribution is 0.398. The van der Waals surface area contributed by atoms with Crippen LogP contribution in [0.5, 0.6) is 0 Å². The molecule has 0 saturated carbocycles. The molecule has 10 rings (SSSR count). The summed E-state index contributed by atoms with van der Waals surface area (Å²) in [5.41, 5.74) is 21.8. The predicted octanol–water partition coefficient (Wildman–Crippen LogP) is 22.6. The van der Waals surface area contributed by atoms with Crippen LogP contribution in [0.15, 0.2) is 156 Å². The summed E-state index contributed by atoms with van der Waals surface area (Å²) in [6.07, 6.45) is 35.5. The second kappa shape index (κ2) is 28.2. The third-order valence-corrected chi connectivity index (χ3v) is 20.7. The predicted molar refractivity (Wildman–Crippen MR) is 354 cm³/mol. The molecule has 0 heterocycles. The lowest BCUT2D eigenvalue weighted by Crippen LogP contribution is -2.25. The van der Waals surface area contributed by atoms with Crippen LogP contribution < -0.4 is 4.83 Å². The van der Waals surface area contributed by atoms with E-state index in [1.165, 1.54) is 210 Å². The third kappa shape index (κ3) is 13.1. The number of hydrogen-bond acceptors (Lipinski definition) is 3. The molecule has 0 bridgehead atoms. The first-order chi connectivity index (χ1) is 40.7. The lowest BCUT2D eigenvalue weighted by atomic mass is 9.70. The summed E-state index contributed by atoms with van der Waals surface area (Å²) in [7, 11) is -3.98. The van der Waals surface area contributed by atoms with E-state index in [-0.39, 0.29) is 15.7 Å². The SMILES string of the molecule is CCCCCCCCC1(CCCCCCCC)c2ccccc2-c2ccc(-c3ccc4c(c3)C(=NNS(=O)(=O)c3ccc(C)cc3)c3cc(-c5ccc6c(c5)C(CCCCCCCC)(CCCCCCCC)c5ccccc5-6)ccc3-4)cc21. The summed E-state index contributed by atoms with van der Waals surface area (Å²) in [4.78, 5) is 2.95. The van der Waals surface area contributed by atoms with E-state index in [0.29, 0.717) is 5.71 Å². The van der Waals surface area contributed by atoms with Crippen molar-refractivity contribution < 1.29 is 8.42 Å². The molecule has 436 valence electrons. The monoisotopic (exact) mass is 1120 g/mol. The zero-order valence-electron chi connectivity index (χ0n) is 51.3. The molecule has 0 radical (unpaired) electrons. The first kappa shape index (κ1) is 60.1. The fraction of sp³-hybridized carbons (Fsp3) is 0.449. The van der Waals surface area contributed by atoms with E-state index < -0.39 is 10.0 Å². The van der Waals surface area contributed by atoms with Crippen LogP contribution in [0.2, 0.25) is 0 Å². The fourth-order valence-electron chi connectivity index (χ4n) is 14.9. The van der Waals surface area contributed by atoms with Crippen LogP contribution in [0.3, 0.4) is 0 Å². The minimum Gasteiger partial charge on any atom is -0.200 e. The Kier molecular flexibility index (Phi) is 20.4. The summed E-state index contributed by atoms with van der Waals surface area (Å²) < 4.78 is 28.3. The molecule has 0 unspecified atom stereocenters. The van der Waals surface area contributed by atoms with Gasteiger partial charge in [-0.3, -0.25) is 0 Å². The molecule has 0 saturated heterocycles. The standard InChI is InChI=1S/C78H96N2O2S/c1-6-10-14-18-22-30-50-77(51-31-23-19-15-11-7-2)72-36-28-26-34-66(72)68-48-42-61(56-74(68)77)59-40-46-64-65-47-41-60(55-71(65)76(70(64)54-59)79-80-83(81,82)63-44-38-58(5)39-45-63)62-43-49-69-67-35-27-29-37-73(67)78(75(69)57-62,52-32-24-20-16-12-8-3)53-33-25-21-17-13-9-4/h26-29,34-49,54-57,80H,6-25,30-33,50-53H2,1-5H3. The number of unbranched alkanes of at least 4 members (excludes halogenated alkanes) is 20. The summed E-state index contributed by atoms with van der Waals surface area (Å²) in [5, 5.41) is 4.98. The van der Waals surface area contributed by atoms with Gasteiger partial charge in [-0.2, -0.15) is 18.4 Å². The minimum atomic E-state index is -3.98. The van der Waals surface area contributed by atoms with Crippen molar-refractivity contribution in [3.05, 3.63) is 185 Å².